The fraction of sp³-hybridized carbons (Fsp3) is 0.647. The minimum atomic E-state index is -0.156. The molecular formula is C17H27FN2. The van der Waals surface area contributed by atoms with Crippen LogP contribution in [0.4, 0.5) is 4.39 Å². The van der Waals surface area contributed by atoms with Crippen molar-refractivity contribution in [1.82, 2.24) is 10.2 Å². The van der Waals surface area contributed by atoms with E-state index < -0.39 is 0 Å². The molecular weight excluding hydrogens is 251 g/mol. The van der Waals surface area contributed by atoms with E-state index >= 15 is 0 Å². The van der Waals surface area contributed by atoms with E-state index in [1.807, 2.05) is 12.1 Å². The molecule has 1 N–H and O–H groups in total. The van der Waals surface area contributed by atoms with Gasteiger partial charge in [-0.25, -0.2) is 4.39 Å². The van der Waals surface area contributed by atoms with Crippen molar-refractivity contribution in [2.75, 3.05) is 19.6 Å². The van der Waals surface area contributed by atoms with Crippen molar-refractivity contribution < 1.29 is 4.39 Å². The summed E-state index contributed by atoms with van der Waals surface area (Å²) in [5, 5.41) is 3.62. The largest absolute Gasteiger partial charge is 0.313 e. The number of halogens is 1. The van der Waals surface area contributed by atoms with E-state index in [1.54, 1.807) is 12.1 Å². The molecule has 1 fully saturated rings. The van der Waals surface area contributed by atoms with Crippen molar-refractivity contribution in [3.63, 3.8) is 0 Å². The van der Waals surface area contributed by atoms with Crippen molar-refractivity contribution >= 4 is 0 Å². The topological polar surface area (TPSA) is 15.3 Å². The van der Waals surface area contributed by atoms with E-state index in [0.717, 1.165) is 26.1 Å². The summed E-state index contributed by atoms with van der Waals surface area (Å²) in [5.74, 6) is -0.156. The highest BCUT2D eigenvalue weighted by molar-refractivity contribution is 5.19. The molecule has 1 aliphatic heterocycles. The van der Waals surface area contributed by atoms with Crippen LogP contribution in [0.3, 0.4) is 0 Å². The zero-order valence-electron chi connectivity index (χ0n) is 12.7. The van der Waals surface area contributed by atoms with Crippen LogP contribution < -0.4 is 5.32 Å². The van der Waals surface area contributed by atoms with Gasteiger partial charge in [0.25, 0.3) is 0 Å². The van der Waals surface area contributed by atoms with Crippen LogP contribution in [0.1, 0.15) is 51.1 Å². The highest BCUT2D eigenvalue weighted by atomic mass is 19.1. The lowest BCUT2D eigenvalue weighted by molar-refractivity contribution is 0.176. The Hall–Kier alpha value is -0.930. The summed E-state index contributed by atoms with van der Waals surface area (Å²) in [4.78, 5) is 2.52. The molecule has 0 radical (unpaired) electrons. The molecule has 20 heavy (non-hydrogen) atoms. The summed E-state index contributed by atoms with van der Waals surface area (Å²) < 4.78 is 13.0. The Balaban J connectivity index is 2.00. The SMILES string of the molecule is CCCN(CC1CCCCN1)C(C)c1ccc(F)cc1. The molecule has 1 aromatic carbocycles. The summed E-state index contributed by atoms with van der Waals surface area (Å²) in [5.41, 5.74) is 1.20. The Bertz CT molecular complexity index is 384. The normalized spacial score (nSPS) is 21.1. The van der Waals surface area contributed by atoms with Gasteiger partial charge in [0.1, 0.15) is 5.82 Å². The van der Waals surface area contributed by atoms with Gasteiger partial charge in [-0.1, -0.05) is 25.5 Å². The first kappa shape index (κ1) is 15.5. The second-order valence-corrected chi connectivity index (χ2v) is 5.87. The zero-order chi connectivity index (χ0) is 14.4. The number of nitrogens with one attached hydrogen (secondary N) is 1. The molecule has 0 aromatic heterocycles. The molecule has 0 saturated carbocycles. The van der Waals surface area contributed by atoms with E-state index in [-0.39, 0.29) is 5.82 Å². The minimum Gasteiger partial charge on any atom is -0.313 e. The lowest BCUT2D eigenvalue weighted by Gasteiger charge is -2.34. The van der Waals surface area contributed by atoms with Gasteiger partial charge in [-0.2, -0.15) is 0 Å². The fourth-order valence-electron chi connectivity index (χ4n) is 3.05. The molecule has 2 rings (SSSR count). The molecule has 3 heteroatoms. The average Bonchev–Trinajstić information content (AvgIpc) is 2.48. The lowest BCUT2D eigenvalue weighted by atomic mass is 10.0. The molecule has 0 amide bonds. The van der Waals surface area contributed by atoms with Crippen molar-refractivity contribution in [1.29, 1.82) is 0 Å². The van der Waals surface area contributed by atoms with Gasteiger partial charge >= 0.3 is 0 Å². The van der Waals surface area contributed by atoms with Gasteiger partial charge in [0, 0.05) is 18.6 Å². The molecule has 0 aliphatic carbocycles. The van der Waals surface area contributed by atoms with E-state index in [1.165, 1.54) is 24.8 Å². The minimum absolute atomic E-state index is 0.156. The monoisotopic (exact) mass is 278 g/mol. The van der Waals surface area contributed by atoms with Gasteiger partial charge in [0.2, 0.25) is 0 Å². The van der Waals surface area contributed by atoms with Crippen LogP contribution in [0.15, 0.2) is 24.3 Å². The van der Waals surface area contributed by atoms with Crippen LogP contribution in [0.25, 0.3) is 0 Å². The van der Waals surface area contributed by atoms with Crippen LogP contribution in [0.5, 0.6) is 0 Å². The van der Waals surface area contributed by atoms with Crippen molar-refractivity contribution in [3.8, 4) is 0 Å². The average molecular weight is 278 g/mol. The van der Waals surface area contributed by atoms with Gasteiger partial charge in [0.15, 0.2) is 0 Å². The second kappa shape index (κ2) is 7.75. The maximum absolute atomic E-state index is 13.0. The third kappa shape index (κ3) is 4.29. The third-order valence-electron chi connectivity index (χ3n) is 4.28. The van der Waals surface area contributed by atoms with Gasteiger partial charge in [-0.15, -0.1) is 0 Å². The first-order valence-electron chi connectivity index (χ1n) is 7.93. The van der Waals surface area contributed by atoms with Crippen LogP contribution in [0.2, 0.25) is 0 Å². The van der Waals surface area contributed by atoms with Gasteiger partial charge in [-0.3, -0.25) is 4.90 Å². The predicted octanol–water partition coefficient (Wildman–Crippen LogP) is 3.74. The molecule has 0 spiro atoms. The van der Waals surface area contributed by atoms with Gasteiger partial charge in [0.05, 0.1) is 0 Å². The summed E-state index contributed by atoms with van der Waals surface area (Å²) in [7, 11) is 0. The first-order chi connectivity index (χ1) is 9.70. The van der Waals surface area contributed by atoms with Gasteiger partial charge < -0.3 is 5.32 Å². The smallest absolute Gasteiger partial charge is 0.123 e. The summed E-state index contributed by atoms with van der Waals surface area (Å²) in [6, 6.07) is 7.91. The predicted molar refractivity (Wildman–Crippen MR) is 82.3 cm³/mol. The molecule has 2 unspecified atom stereocenters. The molecule has 2 nitrogen and oxygen atoms in total. The number of nitrogens with zero attached hydrogens (tertiary/aromatic N) is 1. The molecule has 1 heterocycles. The molecule has 1 aromatic rings. The zero-order valence-corrected chi connectivity index (χ0v) is 12.7. The Morgan fingerprint density at radius 3 is 2.65 bits per heavy atom. The van der Waals surface area contributed by atoms with E-state index in [9.17, 15) is 4.39 Å². The van der Waals surface area contributed by atoms with E-state index in [4.69, 9.17) is 0 Å². The number of benzene rings is 1. The van der Waals surface area contributed by atoms with Crippen molar-refractivity contribution in [3.05, 3.63) is 35.6 Å². The van der Waals surface area contributed by atoms with Crippen LogP contribution >= 0.6 is 0 Å². The van der Waals surface area contributed by atoms with E-state index in [0.29, 0.717) is 12.1 Å². The molecule has 1 aliphatic rings. The lowest BCUT2D eigenvalue weighted by Crippen LogP contribution is -2.44. The summed E-state index contributed by atoms with van der Waals surface area (Å²) in [6.07, 6.45) is 5.06. The van der Waals surface area contributed by atoms with Gasteiger partial charge in [-0.05, 0) is 57.0 Å². The number of hydrogen-bond acceptors (Lipinski definition) is 2. The fourth-order valence-corrected chi connectivity index (χ4v) is 3.05. The Kier molecular flexibility index (Phi) is 5.99. The maximum Gasteiger partial charge on any atom is 0.123 e. The molecule has 2 atom stereocenters. The van der Waals surface area contributed by atoms with E-state index in [2.05, 4.69) is 24.1 Å². The van der Waals surface area contributed by atoms with Crippen LogP contribution in [0, 0.1) is 5.82 Å². The second-order valence-electron chi connectivity index (χ2n) is 5.87. The van der Waals surface area contributed by atoms with Crippen molar-refractivity contribution in [2.45, 2.75) is 51.6 Å². The Labute approximate surface area is 122 Å². The number of hydrogen-bond donors (Lipinski definition) is 1. The Morgan fingerprint density at radius 2 is 2.05 bits per heavy atom. The molecule has 1 saturated heterocycles. The standard InChI is InChI=1S/C17H27FN2/c1-3-12-20(13-17-6-4-5-11-19-17)14(2)15-7-9-16(18)10-8-15/h7-10,14,17,19H,3-6,11-13H2,1-2H3. The highest BCUT2D eigenvalue weighted by Crippen LogP contribution is 2.22. The number of piperidine rings is 1. The summed E-state index contributed by atoms with van der Waals surface area (Å²) in [6.45, 7) is 7.78. The third-order valence-corrected chi connectivity index (χ3v) is 4.28. The van der Waals surface area contributed by atoms with Crippen LogP contribution in [-0.2, 0) is 0 Å². The Morgan fingerprint density at radius 1 is 1.30 bits per heavy atom. The molecule has 112 valence electrons. The highest BCUT2D eigenvalue weighted by Gasteiger charge is 2.20. The summed E-state index contributed by atoms with van der Waals surface area (Å²) >= 11 is 0. The van der Waals surface area contributed by atoms with Crippen LogP contribution in [-0.4, -0.2) is 30.6 Å². The molecule has 0 bridgehead atoms. The first-order valence-corrected chi connectivity index (χ1v) is 7.93. The quantitative estimate of drug-likeness (QED) is 0.852. The van der Waals surface area contributed by atoms with Crippen molar-refractivity contribution in [2.24, 2.45) is 0 Å². The number of rotatable bonds is 6. The maximum atomic E-state index is 13.0.